The third-order valence-corrected chi connectivity index (χ3v) is 4.85. The van der Waals surface area contributed by atoms with Gasteiger partial charge in [0.1, 0.15) is 0 Å². The van der Waals surface area contributed by atoms with Crippen molar-refractivity contribution in [1.82, 2.24) is 9.78 Å². The SMILES string of the molecule is CCn1nc(C)c(Br)c1CC(N)c1cc(C)cc(Br)c1. The first-order valence-corrected chi connectivity index (χ1v) is 8.25. The maximum absolute atomic E-state index is 6.38. The normalized spacial score (nSPS) is 12.7. The van der Waals surface area contributed by atoms with Crippen LogP contribution in [0.1, 0.15) is 35.5 Å². The zero-order chi connectivity index (χ0) is 14.9. The van der Waals surface area contributed by atoms with Gasteiger partial charge in [0.15, 0.2) is 0 Å². The lowest BCUT2D eigenvalue weighted by molar-refractivity contribution is 0.586. The van der Waals surface area contributed by atoms with E-state index < -0.39 is 0 Å². The van der Waals surface area contributed by atoms with Crippen molar-refractivity contribution in [2.45, 2.75) is 39.8 Å². The summed E-state index contributed by atoms with van der Waals surface area (Å²) in [6.45, 7) is 7.04. The highest BCUT2D eigenvalue weighted by Gasteiger charge is 2.16. The Bertz CT molecular complexity index is 600. The summed E-state index contributed by atoms with van der Waals surface area (Å²) in [5, 5.41) is 4.52. The minimum Gasteiger partial charge on any atom is -0.324 e. The topological polar surface area (TPSA) is 43.8 Å². The monoisotopic (exact) mass is 399 g/mol. The van der Waals surface area contributed by atoms with Crippen LogP contribution in [0.2, 0.25) is 0 Å². The second-order valence-corrected chi connectivity index (χ2v) is 6.74. The third kappa shape index (κ3) is 3.32. The van der Waals surface area contributed by atoms with E-state index >= 15 is 0 Å². The van der Waals surface area contributed by atoms with Crippen LogP contribution in [0.5, 0.6) is 0 Å². The minimum atomic E-state index is -0.0381. The molecule has 3 nitrogen and oxygen atoms in total. The summed E-state index contributed by atoms with van der Waals surface area (Å²) in [7, 11) is 0. The number of aromatic nitrogens is 2. The molecule has 2 aromatic rings. The van der Waals surface area contributed by atoms with Crippen LogP contribution in [0.4, 0.5) is 0 Å². The molecular weight excluding hydrogens is 382 g/mol. The largest absolute Gasteiger partial charge is 0.324 e. The summed E-state index contributed by atoms with van der Waals surface area (Å²) in [6, 6.07) is 6.28. The molecule has 0 amide bonds. The minimum absolute atomic E-state index is 0.0381. The molecule has 1 atom stereocenters. The van der Waals surface area contributed by atoms with Crippen molar-refractivity contribution in [2.24, 2.45) is 5.73 Å². The molecule has 2 rings (SSSR count). The fourth-order valence-electron chi connectivity index (χ4n) is 2.37. The van der Waals surface area contributed by atoms with Crippen molar-refractivity contribution in [3.63, 3.8) is 0 Å². The van der Waals surface area contributed by atoms with Gasteiger partial charge in [-0.15, -0.1) is 0 Å². The van der Waals surface area contributed by atoms with Crippen LogP contribution in [-0.2, 0) is 13.0 Å². The van der Waals surface area contributed by atoms with Gasteiger partial charge in [-0.05, 0) is 60.0 Å². The highest BCUT2D eigenvalue weighted by atomic mass is 79.9. The summed E-state index contributed by atoms with van der Waals surface area (Å²) in [6.07, 6.45) is 0.769. The fraction of sp³-hybridized carbons (Fsp3) is 0.400. The lowest BCUT2D eigenvalue weighted by atomic mass is 10.0. The Morgan fingerprint density at radius 1 is 1.25 bits per heavy atom. The van der Waals surface area contributed by atoms with Gasteiger partial charge in [-0.3, -0.25) is 4.68 Å². The smallest absolute Gasteiger partial charge is 0.0738 e. The Balaban J connectivity index is 2.29. The Labute approximate surface area is 136 Å². The summed E-state index contributed by atoms with van der Waals surface area (Å²) in [4.78, 5) is 0. The molecule has 0 bridgehead atoms. The molecule has 2 N–H and O–H groups in total. The van der Waals surface area contributed by atoms with Crippen molar-refractivity contribution in [2.75, 3.05) is 0 Å². The molecule has 0 aliphatic carbocycles. The van der Waals surface area contributed by atoms with Crippen LogP contribution in [0.3, 0.4) is 0 Å². The highest BCUT2D eigenvalue weighted by molar-refractivity contribution is 9.10. The Kier molecular flexibility index (Phi) is 5.04. The van der Waals surface area contributed by atoms with Crippen LogP contribution in [0.15, 0.2) is 27.1 Å². The van der Waals surface area contributed by atoms with Crippen molar-refractivity contribution >= 4 is 31.9 Å². The first-order valence-electron chi connectivity index (χ1n) is 6.66. The van der Waals surface area contributed by atoms with Gasteiger partial charge in [0.25, 0.3) is 0 Å². The molecule has 1 heterocycles. The molecule has 1 aromatic heterocycles. The predicted molar refractivity (Wildman–Crippen MR) is 89.8 cm³/mol. The van der Waals surface area contributed by atoms with E-state index in [9.17, 15) is 0 Å². The second-order valence-electron chi connectivity index (χ2n) is 5.03. The van der Waals surface area contributed by atoms with Crippen LogP contribution in [0, 0.1) is 13.8 Å². The molecule has 0 aliphatic heterocycles. The van der Waals surface area contributed by atoms with Crippen LogP contribution >= 0.6 is 31.9 Å². The molecule has 0 saturated carbocycles. The van der Waals surface area contributed by atoms with E-state index in [-0.39, 0.29) is 6.04 Å². The number of nitrogens with two attached hydrogens (primary N) is 1. The summed E-state index contributed by atoms with van der Waals surface area (Å²) in [5.74, 6) is 0. The van der Waals surface area contributed by atoms with Crippen molar-refractivity contribution < 1.29 is 0 Å². The number of aryl methyl sites for hydroxylation is 3. The van der Waals surface area contributed by atoms with Gasteiger partial charge in [0.05, 0.1) is 15.9 Å². The van der Waals surface area contributed by atoms with E-state index in [1.807, 2.05) is 11.6 Å². The molecule has 1 unspecified atom stereocenters. The fourth-order valence-corrected chi connectivity index (χ4v) is 3.44. The van der Waals surface area contributed by atoms with Gasteiger partial charge in [-0.25, -0.2) is 0 Å². The maximum atomic E-state index is 6.38. The predicted octanol–water partition coefficient (Wildman–Crippen LogP) is 4.29. The van der Waals surface area contributed by atoms with Gasteiger partial charge in [-0.2, -0.15) is 5.10 Å². The lowest BCUT2D eigenvalue weighted by Gasteiger charge is -2.15. The molecule has 20 heavy (non-hydrogen) atoms. The number of halogens is 2. The van der Waals surface area contributed by atoms with Gasteiger partial charge in [-0.1, -0.05) is 22.0 Å². The molecule has 0 saturated heterocycles. The van der Waals surface area contributed by atoms with Crippen molar-refractivity contribution in [1.29, 1.82) is 0 Å². The molecule has 0 spiro atoms. The number of hydrogen-bond acceptors (Lipinski definition) is 2. The second kappa shape index (κ2) is 6.41. The van der Waals surface area contributed by atoms with E-state index in [0.717, 1.165) is 38.9 Å². The Morgan fingerprint density at radius 2 is 1.95 bits per heavy atom. The molecule has 5 heteroatoms. The first kappa shape index (κ1) is 15.7. The van der Waals surface area contributed by atoms with E-state index in [1.54, 1.807) is 0 Å². The average molecular weight is 401 g/mol. The average Bonchev–Trinajstić information content (AvgIpc) is 2.65. The zero-order valence-electron chi connectivity index (χ0n) is 12.0. The van der Waals surface area contributed by atoms with Gasteiger partial charge >= 0.3 is 0 Å². The first-order chi connectivity index (χ1) is 9.42. The van der Waals surface area contributed by atoms with Crippen LogP contribution < -0.4 is 5.73 Å². The quantitative estimate of drug-likeness (QED) is 0.831. The van der Waals surface area contributed by atoms with Crippen LogP contribution in [0.25, 0.3) is 0 Å². The van der Waals surface area contributed by atoms with Crippen molar-refractivity contribution in [3.05, 3.63) is 49.7 Å². The number of benzene rings is 1. The molecule has 0 aliphatic rings. The van der Waals surface area contributed by atoms with E-state index in [0.29, 0.717) is 0 Å². The number of rotatable bonds is 4. The number of hydrogen-bond donors (Lipinski definition) is 1. The standard InChI is InChI=1S/C15H19Br2N3/c1-4-20-14(15(17)10(3)19-20)8-13(18)11-5-9(2)6-12(16)7-11/h5-7,13H,4,8,18H2,1-3H3. The molecule has 108 valence electrons. The summed E-state index contributed by atoms with van der Waals surface area (Å²) >= 11 is 7.15. The van der Waals surface area contributed by atoms with E-state index in [2.05, 4.69) is 69.0 Å². The molecule has 0 fully saturated rings. The molecular formula is C15H19Br2N3. The summed E-state index contributed by atoms with van der Waals surface area (Å²) in [5.41, 5.74) is 10.9. The van der Waals surface area contributed by atoms with Gasteiger partial charge in [0, 0.05) is 23.5 Å². The van der Waals surface area contributed by atoms with Crippen molar-refractivity contribution in [3.8, 4) is 0 Å². The molecule has 1 aromatic carbocycles. The summed E-state index contributed by atoms with van der Waals surface area (Å²) < 4.78 is 4.16. The lowest BCUT2D eigenvalue weighted by Crippen LogP contribution is -2.16. The third-order valence-electron chi connectivity index (χ3n) is 3.36. The zero-order valence-corrected chi connectivity index (χ0v) is 15.1. The van der Waals surface area contributed by atoms with Gasteiger partial charge < -0.3 is 5.73 Å². The number of nitrogens with zero attached hydrogens (tertiary/aromatic N) is 2. The maximum Gasteiger partial charge on any atom is 0.0738 e. The van der Waals surface area contributed by atoms with Crippen LogP contribution in [-0.4, -0.2) is 9.78 Å². The van der Waals surface area contributed by atoms with Gasteiger partial charge in [0.2, 0.25) is 0 Å². The Morgan fingerprint density at radius 3 is 2.55 bits per heavy atom. The van der Waals surface area contributed by atoms with E-state index in [1.165, 1.54) is 5.56 Å². The highest BCUT2D eigenvalue weighted by Crippen LogP contribution is 2.27. The Hall–Kier alpha value is -0.650. The molecule has 0 radical (unpaired) electrons. The van der Waals surface area contributed by atoms with E-state index in [4.69, 9.17) is 5.73 Å².